The summed E-state index contributed by atoms with van der Waals surface area (Å²) in [6.45, 7) is 5.67. The average molecular weight is 250 g/mol. The van der Waals surface area contributed by atoms with Gasteiger partial charge >= 0.3 is 0 Å². The Hall–Kier alpha value is -1.36. The van der Waals surface area contributed by atoms with Crippen molar-refractivity contribution in [1.29, 1.82) is 0 Å². The molecule has 0 radical (unpaired) electrons. The summed E-state index contributed by atoms with van der Waals surface area (Å²) in [6.07, 6.45) is 2.81. The average Bonchev–Trinajstić information content (AvgIpc) is 2.72. The van der Waals surface area contributed by atoms with Crippen molar-refractivity contribution >= 4 is 11.6 Å². The Labute approximate surface area is 108 Å². The highest BCUT2D eigenvalue weighted by Gasteiger charge is 2.22. The maximum absolute atomic E-state index is 9.49. The normalized spacial score (nSPS) is 23.1. The molecule has 0 aliphatic heterocycles. The molecule has 5 heteroatoms. The van der Waals surface area contributed by atoms with E-state index in [9.17, 15) is 5.11 Å². The van der Waals surface area contributed by atoms with E-state index < -0.39 is 0 Å². The van der Waals surface area contributed by atoms with Gasteiger partial charge in [-0.3, -0.25) is 0 Å². The highest BCUT2D eigenvalue weighted by molar-refractivity contribution is 5.47. The van der Waals surface area contributed by atoms with Crippen LogP contribution in [0.15, 0.2) is 6.07 Å². The summed E-state index contributed by atoms with van der Waals surface area (Å²) in [5.74, 6) is 3.04. The van der Waals surface area contributed by atoms with E-state index in [0.29, 0.717) is 5.92 Å². The van der Waals surface area contributed by atoms with E-state index in [1.54, 1.807) is 0 Å². The van der Waals surface area contributed by atoms with Crippen molar-refractivity contribution in [3.63, 3.8) is 0 Å². The molecule has 5 nitrogen and oxygen atoms in total. The number of aliphatic hydroxyl groups excluding tert-OH is 1. The van der Waals surface area contributed by atoms with E-state index in [4.69, 9.17) is 0 Å². The number of hydrogen-bond donors (Lipinski definition) is 3. The summed E-state index contributed by atoms with van der Waals surface area (Å²) in [6, 6.07) is 1.93. The predicted octanol–water partition coefficient (Wildman–Crippen LogP) is 1.79. The molecule has 100 valence electrons. The third kappa shape index (κ3) is 3.57. The Balaban J connectivity index is 1.92. The highest BCUT2D eigenvalue weighted by Crippen LogP contribution is 2.25. The van der Waals surface area contributed by atoms with Crippen LogP contribution in [0.25, 0.3) is 0 Å². The van der Waals surface area contributed by atoms with Crippen LogP contribution in [0.2, 0.25) is 0 Å². The van der Waals surface area contributed by atoms with Crippen molar-refractivity contribution in [2.45, 2.75) is 39.2 Å². The fraction of sp³-hybridized carbons (Fsp3) is 0.692. The van der Waals surface area contributed by atoms with Crippen molar-refractivity contribution in [3.8, 4) is 0 Å². The minimum atomic E-state index is -0.110. The van der Waals surface area contributed by atoms with Gasteiger partial charge in [-0.2, -0.15) is 0 Å². The zero-order chi connectivity index (χ0) is 13.0. The molecule has 1 aliphatic carbocycles. The Kier molecular flexibility index (Phi) is 4.36. The number of nitrogens with zero attached hydrogens (tertiary/aromatic N) is 2. The van der Waals surface area contributed by atoms with Crippen LogP contribution in [0, 0.1) is 12.8 Å². The number of anilines is 2. The van der Waals surface area contributed by atoms with E-state index in [2.05, 4.69) is 20.6 Å². The number of aliphatic hydroxyl groups is 1. The van der Waals surface area contributed by atoms with Crippen molar-refractivity contribution in [1.82, 2.24) is 9.97 Å². The lowest BCUT2D eigenvalue weighted by Gasteiger charge is -2.12. The third-order valence-electron chi connectivity index (χ3n) is 3.28. The van der Waals surface area contributed by atoms with Gasteiger partial charge in [0, 0.05) is 19.2 Å². The quantitative estimate of drug-likeness (QED) is 0.743. The molecule has 1 heterocycles. The molecule has 2 atom stereocenters. The Morgan fingerprint density at radius 2 is 2.00 bits per heavy atom. The Morgan fingerprint density at radius 1 is 1.28 bits per heavy atom. The second kappa shape index (κ2) is 6.00. The van der Waals surface area contributed by atoms with E-state index in [-0.39, 0.29) is 6.10 Å². The highest BCUT2D eigenvalue weighted by atomic mass is 16.3. The van der Waals surface area contributed by atoms with Crippen LogP contribution < -0.4 is 10.6 Å². The zero-order valence-corrected chi connectivity index (χ0v) is 11.1. The number of aromatic nitrogens is 2. The summed E-state index contributed by atoms with van der Waals surface area (Å²) in [4.78, 5) is 8.68. The zero-order valence-electron chi connectivity index (χ0n) is 11.1. The molecule has 0 amide bonds. The topological polar surface area (TPSA) is 70.1 Å². The monoisotopic (exact) mass is 250 g/mol. The molecular formula is C13H22N4O. The number of hydrogen-bond acceptors (Lipinski definition) is 5. The van der Waals surface area contributed by atoms with E-state index >= 15 is 0 Å². The molecule has 0 spiro atoms. The molecule has 1 aromatic rings. The summed E-state index contributed by atoms with van der Waals surface area (Å²) < 4.78 is 0. The lowest BCUT2D eigenvalue weighted by Crippen LogP contribution is -2.14. The van der Waals surface area contributed by atoms with Crippen LogP contribution in [-0.2, 0) is 0 Å². The second-order valence-corrected chi connectivity index (χ2v) is 4.93. The Bertz CT molecular complexity index is 397. The van der Waals surface area contributed by atoms with Gasteiger partial charge in [-0.15, -0.1) is 0 Å². The van der Waals surface area contributed by atoms with Crippen LogP contribution in [-0.4, -0.2) is 34.3 Å². The smallest absolute Gasteiger partial charge is 0.131 e. The molecule has 0 saturated heterocycles. The largest absolute Gasteiger partial charge is 0.393 e. The van der Waals surface area contributed by atoms with Gasteiger partial charge in [0.15, 0.2) is 0 Å². The number of rotatable bonds is 5. The minimum Gasteiger partial charge on any atom is -0.393 e. The predicted molar refractivity (Wildman–Crippen MR) is 72.8 cm³/mol. The van der Waals surface area contributed by atoms with Gasteiger partial charge in [-0.05, 0) is 39.0 Å². The van der Waals surface area contributed by atoms with Crippen molar-refractivity contribution in [2.24, 2.45) is 5.92 Å². The van der Waals surface area contributed by atoms with Gasteiger partial charge < -0.3 is 15.7 Å². The van der Waals surface area contributed by atoms with Crippen molar-refractivity contribution < 1.29 is 5.11 Å². The first-order chi connectivity index (χ1) is 8.67. The van der Waals surface area contributed by atoms with Crippen LogP contribution in [0.1, 0.15) is 32.0 Å². The second-order valence-electron chi connectivity index (χ2n) is 4.93. The van der Waals surface area contributed by atoms with Gasteiger partial charge in [-0.1, -0.05) is 0 Å². The van der Waals surface area contributed by atoms with E-state index in [0.717, 1.165) is 49.8 Å². The summed E-state index contributed by atoms with van der Waals surface area (Å²) in [5.41, 5.74) is 0. The van der Waals surface area contributed by atoms with Gasteiger partial charge in [0.05, 0.1) is 6.10 Å². The van der Waals surface area contributed by atoms with Gasteiger partial charge in [0.2, 0.25) is 0 Å². The van der Waals surface area contributed by atoms with Crippen LogP contribution in [0.5, 0.6) is 0 Å². The van der Waals surface area contributed by atoms with Gasteiger partial charge in [0.25, 0.3) is 0 Å². The molecule has 1 saturated carbocycles. The van der Waals surface area contributed by atoms with Crippen LogP contribution in [0.3, 0.4) is 0 Å². The van der Waals surface area contributed by atoms with E-state index in [1.165, 1.54) is 0 Å². The molecule has 3 N–H and O–H groups in total. The molecule has 2 rings (SSSR count). The number of aryl methyl sites for hydroxylation is 1. The molecule has 0 bridgehead atoms. The molecule has 18 heavy (non-hydrogen) atoms. The third-order valence-corrected chi connectivity index (χ3v) is 3.28. The first-order valence-corrected chi connectivity index (χ1v) is 6.69. The number of nitrogens with one attached hydrogen (secondary N) is 2. The standard InChI is InChI=1S/C13H22N4O/c1-3-14-12-7-13(17-9(2)16-12)15-8-10-4-5-11(18)6-10/h7,10-11,18H,3-6,8H2,1-2H3,(H2,14,15,16,17). The molecule has 2 unspecified atom stereocenters. The van der Waals surface area contributed by atoms with Crippen LogP contribution >= 0.6 is 0 Å². The lowest BCUT2D eigenvalue weighted by molar-refractivity contribution is 0.178. The maximum Gasteiger partial charge on any atom is 0.131 e. The molecular weight excluding hydrogens is 228 g/mol. The SMILES string of the molecule is CCNc1cc(NCC2CCC(O)C2)nc(C)n1. The molecule has 0 aromatic carbocycles. The van der Waals surface area contributed by atoms with Gasteiger partial charge in [0.1, 0.15) is 17.5 Å². The first-order valence-electron chi connectivity index (χ1n) is 6.69. The fourth-order valence-corrected chi connectivity index (χ4v) is 2.41. The molecule has 1 aliphatic rings. The van der Waals surface area contributed by atoms with Crippen molar-refractivity contribution in [3.05, 3.63) is 11.9 Å². The van der Waals surface area contributed by atoms with E-state index in [1.807, 2.05) is 19.9 Å². The molecule has 1 fully saturated rings. The summed E-state index contributed by atoms with van der Waals surface area (Å²) >= 11 is 0. The molecule has 1 aromatic heterocycles. The fourth-order valence-electron chi connectivity index (χ4n) is 2.41. The lowest BCUT2D eigenvalue weighted by atomic mass is 10.1. The summed E-state index contributed by atoms with van der Waals surface area (Å²) in [5, 5.41) is 16.0. The first kappa shape index (κ1) is 13.1. The summed E-state index contributed by atoms with van der Waals surface area (Å²) in [7, 11) is 0. The minimum absolute atomic E-state index is 0.110. The maximum atomic E-state index is 9.49. The van der Waals surface area contributed by atoms with Crippen molar-refractivity contribution in [2.75, 3.05) is 23.7 Å². The van der Waals surface area contributed by atoms with Gasteiger partial charge in [-0.25, -0.2) is 9.97 Å². The Morgan fingerprint density at radius 3 is 2.61 bits per heavy atom. The van der Waals surface area contributed by atoms with Crippen LogP contribution in [0.4, 0.5) is 11.6 Å².